The fourth-order valence-electron chi connectivity index (χ4n) is 2.21. The smallest absolute Gasteiger partial charge is 0.323 e. The standard InChI is InChI=1S/C14H25N3O4/c1-4-21-13(19)11-6-5-7-17(11)9-12(18)16-14(20)15-8-10(2)3/h10-11H,4-9H2,1-3H3,(H2,15,16,18,20). The second-order valence-corrected chi connectivity index (χ2v) is 5.53. The number of rotatable bonds is 6. The van der Waals surface area contributed by atoms with E-state index in [1.165, 1.54) is 0 Å². The Kier molecular flexibility index (Phi) is 7.14. The molecule has 3 amide bonds. The maximum absolute atomic E-state index is 11.8. The van der Waals surface area contributed by atoms with Crippen LogP contribution in [0.4, 0.5) is 4.79 Å². The summed E-state index contributed by atoms with van der Waals surface area (Å²) in [6, 6.07) is -0.880. The monoisotopic (exact) mass is 299 g/mol. The van der Waals surface area contributed by atoms with Gasteiger partial charge in [-0.2, -0.15) is 0 Å². The van der Waals surface area contributed by atoms with Crippen molar-refractivity contribution in [3.05, 3.63) is 0 Å². The highest BCUT2D eigenvalue weighted by Gasteiger charge is 2.33. The quantitative estimate of drug-likeness (QED) is 0.697. The van der Waals surface area contributed by atoms with Crippen molar-refractivity contribution >= 4 is 17.9 Å². The highest BCUT2D eigenvalue weighted by molar-refractivity contribution is 5.95. The van der Waals surface area contributed by atoms with E-state index in [4.69, 9.17) is 4.74 Å². The molecule has 7 nitrogen and oxygen atoms in total. The van der Waals surface area contributed by atoms with Gasteiger partial charge in [0.25, 0.3) is 0 Å². The Balaban J connectivity index is 2.39. The average Bonchev–Trinajstić information content (AvgIpc) is 2.84. The Bertz CT molecular complexity index is 384. The summed E-state index contributed by atoms with van der Waals surface area (Å²) in [5, 5.41) is 4.88. The van der Waals surface area contributed by atoms with Gasteiger partial charge < -0.3 is 10.1 Å². The molecule has 0 saturated carbocycles. The molecule has 1 aliphatic rings. The third-order valence-corrected chi connectivity index (χ3v) is 3.19. The van der Waals surface area contributed by atoms with Crippen LogP contribution in [0.1, 0.15) is 33.6 Å². The van der Waals surface area contributed by atoms with E-state index in [1.54, 1.807) is 11.8 Å². The third kappa shape index (κ3) is 6.12. The van der Waals surface area contributed by atoms with E-state index < -0.39 is 11.9 Å². The largest absolute Gasteiger partial charge is 0.465 e. The van der Waals surface area contributed by atoms with E-state index >= 15 is 0 Å². The second kappa shape index (κ2) is 8.61. The molecule has 1 aliphatic heterocycles. The summed E-state index contributed by atoms with van der Waals surface area (Å²) in [5.41, 5.74) is 0. The Morgan fingerprint density at radius 1 is 1.33 bits per heavy atom. The SMILES string of the molecule is CCOC(=O)C1CCCN1CC(=O)NC(=O)NCC(C)C. The molecule has 1 atom stereocenters. The van der Waals surface area contributed by atoms with Crippen molar-refractivity contribution in [2.75, 3.05) is 26.2 Å². The fraction of sp³-hybridized carbons (Fsp3) is 0.786. The van der Waals surface area contributed by atoms with Crippen LogP contribution in [0.25, 0.3) is 0 Å². The molecule has 1 saturated heterocycles. The number of nitrogens with one attached hydrogen (secondary N) is 2. The number of carbonyl (C=O) groups excluding carboxylic acids is 3. The molecule has 21 heavy (non-hydrogen) atoms. The minimum atomic E-state index is -0.499. The van der Waals surface area contributed by atoms with Gasteiger partial charge >= 0.3 is 12.0 Å². The Hall–Kier alpha value is -1.63. The highest BCUT2D eigenvalue weighted by atomic mass is 16.5. The lowest BCUT2D eigenvalue weighted by Crippen LogP contribution is -2.47. The van der Waals surface area contributed by atoms with E-state index in [0.717, 1.165) is 6.42 Å². The van der Waals surface area contributed by atoms with Crippen LogP contribution in [0.3, 0.4) is 0 Å². The van der Waals surface area contributed by atoms with E-state index in [2.05, 4.69) is 10.6 Å². The topological polar surface area (TPSA) is 87.7 Å². The molecule has 0 aromatic heterocycles. The number of hydrogen-bond acceptors (Lipinski definition) is 5. The summed E-state index contributed by atoms with van der Waals surface area (Å²) in [7, 11) is 0. The predicted molar refractivity (Wildman–Crippen MR) is 77.6 cm³/mol. The maximum Gasteiger partial charge on any atom is 0.323 e. The van der Waals surface area contributed by atoms with E-state index in [9.17, 15) is 14.4 Å². The summed E-state index contributed by atoms with van der Waals surface area (Å²) in [6.45, 7) is 7.21. The Morgan fingerprint density at radius 2 is 2.05 bits per heavy atom. The summed E-state index contributed by atoms with van der Waals surface area (Å²) in [4.78, 5) is 36.8. The summed E-state index contributed by atoms with van der Waals surface area (Å²) in [6.07, 6.45) is 1.53. The molecule has 0 bridgehead atoms. The number of hydrogen-bond donors (Lipinski definition) is 2. The molecule has 1 heterocycles. The van der Waals surface area contributed by atoms with Crippen molar-refractivity contribution in [2.24, 2.45) is 5.92 Å². The number of amides is 3. The molecular formula is C14H25N3O4. The van der Waals surface area contributed by atoms with Crippen molar-refractivity contribution in [1.82, 2.24) is 15.5 Å². The number of esters is 1. The van der Waals surface area contributed by atoms with Gasteiger partial charge in [0, 0.05) is 6.54 Å². The van der Waals surface area contributed by atoms with Crippen LogP contribution >= 0.6 is 0 Å². The van der Waals surface area contributed by atoms with Crippen LogP contribution in [0.2, 0.25) is 0 Å². The molecule has 1 unspecified atom stereocenters. The molecule has 0 radical (unpaired) electrons. The molecule has 0 spiro atoms. The van der Waals surface area contributed by atoms with Crippen LogP contribution < -0.4 is 10.6 Å². The van der Waals surface area contributed by atoms with Gasteiger partial charge in [0.1, 0.15) is 6.04 Å². The molecule has 1 rings (SSSR count). The lowest BCUT2D eigenvalue weighted by molar-refractivity contribution is -0.148. The van der Waals surface area contributed by atoms with Crippen LogP contribution in [-0.2, 0) is 14.3 Å². The molecule has 7 heteroatoms. The summed E-state index contributed by atoms with van der Waals surface area (Å²) < 4.78 is 4.99. The highest BCUT2D eigenvalue weighted by Crippen LogP contribution is 2.17. The molecule has 0 aliphatic carbocycles. The van der Waals surface area contributed by atoms with Gasteiger partial charge in [-0.05, 0) is 32.2 Å². The van der Waals surface area contributed by atoms with Gasteiger partial charge in [-0.25, -0.2) is 4.79 Å². The second-order valence-electron chi connectivity index (χ2n) is 5.53. The fourth-order valence-corrected chi connectivity index (χ4v) is 2.21. The van der Waals surface area contributed by atoms with Gasteiger partial charge in [0.2, 0.25) is 5.91 Å². The zero-order chi connectivity index (χ0) is 15.8. The number of urea groups is 1. The minimum absolute atomic E-state index is 0.0264. The first kappa shape index (κ1) is 17.4. The predicted octanol–water partition coefficient (Wildman–Crippen LogP) is 0.496. The molecule has 0 aromatic rings. The minimum Gasteiger partial charge on any atom is -0.465 e. The number of carbonyl (C=O) groups is 3. The number of nitrogens with zero attached hydrogens (tertiary/aromatic N) is 1. The first-order valence-electron chi connectivity index (χ1n) is 7.42. The van der Waals surface area contributed by atoms with E-state index in [0.29, 0.717) is 32.0 Å². The number of imide groups is 1. The molecular weight excluding hydrogens is 274 g/mol. The Morgan fingerprint density at radius 3 is 2.67 bits per heavy atom. The summed E-state index contributed by atoms with van der Waals surface area (Å²) in [5.74, 6) is -0.392. The molecule has 1 fully saturated rings. The zero-order valence-corrected chi connectivity index (χ0v) is 13.0. The van der Waals surface area contributed by atoms with Gasteiger partial charge in [-0.15, -0.1) is 0 Å². The normalized spacial score (nSPS) is 18.6. The van der Waals surface area contributed by atoms with Crippen molar-refractivity contribution in [2.45, 2.75) is 39.7 Å². The maximum atomic E-state index is 11.8. The lowest BCUT2D eigenvalue weighted by Gasteiger charge is -2.21. The van der Waals surface area contributed by atoms with Crippen LogP contribution in [0.5, 0.6) is 0 Å². The zero-order valence-electron chi connectivity index (χ0n) is 13.0. The van der Waals surface area contributed by atoms with Crippen molar-refractivity contribution in [3.8, 4) is 0 Å². The first-order chi connectivity index (χ1) is 9.93. The molecule has 2 N–H and O–H groups in total. The van der Waals surface area contributed by atoms with Crippen molar-refractivity contribution in [1.29, 1.82) is 0 Å². The van der Waals surface area contributed by atoms with E-state index in [1.807, 2.05) is 13.8 Å². The van der Waals surface area contributed by atoms with Crippen LogP contribution in [-0.4, -0.2) is 55.1 Å². The first-order valence-corrected chi connectivity index (χ1v) is 7.42. The van der Waals surface area contributed by atoms with Gasteiger partial charge in [-0.1, -0.05) is 13.8 Å². The van der Waals surface area contributed by atoms with Gasteiger partial charge in [0.15, 0.2) is 0 Å². The van der Waals surface area contributed by atoms with Crippen molar-refractivity contribution < 1.29 is 19.1 Å². The molecule has 120 valence electrons. The van der Waals surface area contributed by atoms with Crippen LogP contribution in [0, 0.1) is 5.92 Å². The molecule has 0 aromatic carbocycles. The average molecular weight is 299 g/mol. The number of ether oxygens (including phenoxy) is 1. The van der Waals surface area contributed by atoms with Crippen molar-refractivity contribution in [3.63, 3.8) is 0 Å². The van der Waals surface area contributed by atoms with Crippen LogP contribution in [0.15, 0.2) is 0 Å². The lowest BCUT2D eigenvalue weighted by atomic mass is 10.2. The Labute approximate surface area is 125 Å². The number of likely N-dealkylation sites (tertiary alicyclic amines) is 1. The van der Waals surface area contributed by atoms with Gasteiger partial charge in [0.05, 0.1) is 13.2 Å². The third-order valence-electron chi connectivity index (χ3n) is 3.19. The van der Waals surface area contributed by atoms with Gasteiger partial charge in [-0.3, -0.25) is 19.8 Å². The van der Waals surface area contributed by atoms with E-state index in [-0.39, 0.29) is 18.6 Å². The summed E-state index contributed by atoms with van der Waals surface area (Å²) >= 11 is 0.